The lowest BCUT2D eigenvalue weighted by atomic mass is 9.84. The van der Waals surface area contributed by atoms with Crippen LogP contribution in [0, 0.1) is 12.8 Å². The largest absolute Gasteiger partial charge is 0.396 e. The van der Waals surface area contributed by atoms with Crippen molar-refractivity contribution in [3.63, 3.8) is 0 Å². The first kappa shape index (κ1) is 10.5. The molecule has 1 aliphatic carbocycles. The van der Waals surface area contributed by atoms with Gasteiger partial charge in [0.15, 0.2) is 0 Å². The molecule has 2 rings (SSSR count). The Labute approximate surface area is 91.7 Å². The lowest BCUT2D eigenvalue weighted by molar-refractivity contribution is 0.245. The molecule has 1 saturated carbocycles. The Kier molecular flexibility index (Phi) is 2.98. The highest BCUT2D eigenvalue weighted by Crippen LogP contribution is 2.34. The van der Waals surface area contributed by atoms with Gasteiger partial charge in [-0.15, -0.1) is 0 Å². The molecule has 1 aromatic heterocycles. The Hall–Kier alpha value is -0.990. The van der Waals surface area contributed by atoms with Crippen LogP contribution in [0.5, 0.6) is 0 Å². The highest BCUT2D eigenvalue weighted by atomic mass is 15.3. The maximum absolute atomic E-state index is 5.83. The van der Waals surface area contributed by atoms with Gasteiger partial charge < -0.3 is 5.73 Å². The fourth-order valence-electron chi connectivity index (χ4n) is 2.66. The first-order valence-corrected chi connectivity index (χ1v) is 6.02. The van der Waals surface area contributed by atoms with Crippen LogP contribution < -0.4 is 5.73 Å². The van der Waals surface area contributed by atoms with Crippen molar-refractivity contribution < 1.29 is 0 Å². The van der Waals surface area contributed by atoms with E-state index in [1.807, 2.05) is 0 Å². The third-order valence-electron chi connectivity index (χ3n) is 3.76. The van der Waals surface area contributed by atoms with Crippen LogP contribution in [0.1, 0.15) is 50.8 Å². The number of nitrogens with zero attached hydrogens (tertiary/aromatic N) is 2. The highest BCUT2D eigenvalue weighted by molar-refractivity contribution is 5.39. The van der Waals surface area contributed by atoms with Crippen molar-refractivity contribution in [1.82, 2.24) is 9.78 Å². The fraction of sp³-hybridized carbons (Fsp3) is 0.750. The maximum atomic E-state index is 5.83. The smallest absolute Gasteiger partial charge is 0.0730 e. The van der Waals surface area contributed by atoms with Gasteiger partial charge in [0.05, 0.1) is 23.6 Å². The number of nitrogen functional groups attached to an aromatic ring is 1. The van der Waals surface area contributed by atoms with Gasteiger partial charge in [0.1, 0.15) is 0 Å². The molecule has 0 spiro atoms. The van der Waals surface area contributed by atoms with Gasteiger partial charge >= 0.3 is 0 Å². The summed E-state index contributed by atoms with van der Waals surface area (Å²) in [7, 11) is 0. The average molecular weight is 207 g/mol. The SMILES string of the molecule is CCC1CCCC(n2ncc(N)c2C)C1. The van der Waals surface area contributed by atoms with Crippen LogP contribution in [0.15, 0.2) is 6.20 Å². The van der Waals surface area contributed by atoms with Crippen molar-refractivity contribution >= 4 is 5.69 Å². The van der Waals surface area contributed by atoms with Crippen molar-refractivity contribution in [1.29, 1.82) is 0 Å². The summed E-state index contributed by atoms with van der Waals surface area (Å²) in [5.74, 6) is 0.883. The van der Waals surface area contributed by atoms with Gasteiger partial charge in [-0.2, -0.15) is 5.10 Å². The molecule has 1 aromatic rings. The fourth-order valence-corrected chi connectivity index (χ4v) is 2.66. The molecule has 2 N–H and O–H groups in total. The third kappa shape index (κ3) is 2.01. The van der Waals surface area contributed by atoms with Crippen LogP contribution in [0.25, 0.3) is 0 Å². The molecule has 0 aliphatic heterocycles. The van der Waals surface area contributed by atoms with Crippen LogP contribution in [-0.2, 0) is 0 Å². The molecular weight excluding hydrogens is 186 g/mol. The zero-order valence-electron chi connectivity index (χ0n) is 9.74. The predicted octanol–water partition coefficient (Wildman–Crippen LogP) is 2.92. The molecule has 2 atom stereocenters. The van der Waals surface area contributed by atoms with Crippen molar-refractivity contribution in [2.75, 3.05) is 5.73 Å². The Balaban J connectivity index is 2.13. The second kappa shape index (κ2) is 4.25. The standard InChI is InChI=1S/C12H21N3/c1-3-10-5-4-6-11(7-10)15-9(2)12(13)8-14-15/h8,10-11H,3-7,13H2,1-2H3. The van der Waals surface area contributed by atoms with E-state index in [0.717, 1.165) is 17.3 Å². The summed E-state index contributed by atoms with van der Waals surface area (Å²) < 4.78 is 2.14. The van der Waals surface area contributed by atoms with Gasteiger partial charge in [0.2, 0.25) is 0 Å². The summed E-state index contributed by atoms with van der Waals surface area (Å²) >= 11 is 0. The van der Waals surface area contributed by atoms with E-state index in [1.165, 1.54) is 32.1 Å². The van der Waals surface area contributed by atoms with Gasteiger partial charge in [-0.3, -0.25) is 4.68 Å². The zero-order chi connectivity index (χ0) is 10.8. The molecule has 15 heavy (non-hydrogen) atoms. The highest BCUT2D eigenvalue weighted by Gasteiger charge is 2.23. The van der Waals surface area contributed by atoms with Gasteiger partial charge in [-0.1, -0.05) is 26.2 Å². The van der Waals surface area contributed by atoms with Crippen molar-refractivity contribution in [3.05, 3.63) is 11.9 Å². The number of rotatable bonds is 2. The number of hydrogen-bond acceptors (Lipinski definition) is 2. The Morgan fingerprint density at radius 2 is 2.33 bits per heavy atom. The molecule has 3 heteroatoms. The minimum Gasteiger partial charge on any atom is -0.396 e. The van der Waals surface area contributed by atoms with Crippen LogP contribution in [0.2, 0.25) is 0 Å². The van der Waals surface area contributed by atoms with E-state index < -0.39 is 0 Å². The monoisotopic (exact) mass is 207 g/mol. The molecule has 3 nitrogen and oxygen atoms in total. The first-order chi connectivity index (χ1) is 7.22. The van der Waals surface area contributed by atoms with E-state index in [9.17, 15) is 0 Å². The minimum atomic E-state index is 0.584. The lowest BCUT2D eigenvalue weighted by Gasteiger charge is -2.29. The summed E-state index contributed by atoms with van der Waals surface area (Å²) in [5.41, 5.74) is 7.79. The molecule has 1 fully saturated rings. The van der Waals surface area contributed by atoms with E-state index >= 15 is 0 Å². The molecule has 0 radical (unpaired) electrons. The van der Waals surface area contributed by atoms with Gasteiger partial charge in [0, 0.05) is 0 Å². The number of anilines is 1. The minimum absolute atomic E-state index is 0.584. The molecule has 2 unspecified atom stereocenters. The van der Waals surface area contributed by atoms with Crippen molar-refractivity contribution in [3.8, 4) is 0 Å². The van der Waals surface area contributed by atoms with Gasteiger partial charge in [0.25, 0.3) is 0 Å². The average Bonchev–Trinajstić information content (AvgIpc) is 2.60. The van der Waals surface area contributed by atoms with E-state index in [0.29, 0.717) is 6.04 Å². The predicted molar refractivity (Wildman–Crippen MR) is 62.7 cm³/mol. The third-order valence-corrected chi connectivity index (χ3v) is 3.76. The molecule has 0 saturated heterocycles. The molecular formula is C12H21N3. The second-order valence-corrected chi connectivity index (χ2v) is 4.72. The molecule has 1 aliphatic rings. The molecule has 0 aromatic carbocycles. The van der Waals surface area contributed by atoms with Crippen LogP contribution in [0.3, 0.4) is 0 Å². The zero-order valence-corrected chi connectivity index (χ0v) is 9.74. The topological polar surface area (TPSA) is 43.8 Å². The molecule has 0 amide bonds. The van der Waals surface area contributed by atoms with E-state index in [1.54, 1.807) is 6.20 Å². The Morgan fingerprint density at radius 3 is 2.93 bits per heavy atom. The Morgan fingerprint density at radius 1 is 1.53 bits per heavy atom. The molecule has 1 heterocycles. The summed E-state index contributed by atoms with van der Waals surface area (Å²) in [6, 6.07) is 0.584. The Bertz CT molecular complexity index is 330. The van der Waals surface area contributed by atoms with Gasteiger partial charge in [-0.05, 0) is 25.7 Å². The first-order valence-electron chi connectivity index (χ1n) is 6.02. The van der Waals surface area contributed by atoms with Crippen molar-refractivity contribution in [2.24, 2.45) is 5.92 Å². The maximum Gasteiger partial charge on any atom is 0.0730 e. The lowest BCUT2D eigenvalue weighted by Crippen LogP contribution is -2.20. The molecule has 84 valence electrons. The summed E-state index contributed by atoms with van der Waals surface area (Å²) in [5, 5.41) is 4.40. The van der Waals surface area contributed by atoms with Crippen LogP contribution in [-0.4, -0.2) is 9.78 Å². The quantitative estimate of drug-likeness (QED) is 0.810. The van der Waals surface area contributed by atoms with Crippen molar-refractivity contribution in [2.45, 2.75) is 52.0 Å². The van der Waals surface area contributed by atoms with E-state index in [2.05, 4.69) is 23.6 Å². The molecule has 0 bridgehead atoms. The number of aromatic nitrogens is 2. The number of hydrogen-bond donors (Lipinski definition) is 1. The van der Waals surface area contributed by atoms with Crippen LogP contribution >= 0.6 is 0 Å². The normalized spacial score (nSPS) is 26.8. The summed E-state index contributed by atoms with van der Waals surface area (Å²) in [6.45, 7) is 4.36. The van der Waals surface area contributed by atoms with Gasteiger partial charge in [-0.25, -0.2) is 0 Å². The van der Waals surface area contributed by atoms with E-state index in [4.69, 9.17) is 5.73 Å². The summed E-state index contributed by atoms with van der Waals surface area (Å²) in [4.78, 5) is 0. The second-order valence-electron chi connectivity index (χ2n) is 4.72. The summed E-state index contributed by atoms with van der Waals surface area (Å²) in [6.07, 6.45) is 8.35. The van der Waals surface area contributed by atoms with Crippen LogP contribution in [0.4, 0.5) is 5.69 Å². The van der Waals surface area contributed by atoms with E-state index in [-0.39, 0.29) is 0 Å². The number of nitrogens with two attached hydrogens (primary N) is 1.